The smallest absolute Gasteiger partial charge is 0.269 e. The zero-order chi connectivity index (χ0) is 14.0. The van der Waals surface area contributed by atoms with Crippen molar-refractivity contribution in [1.82, 2.24) is 9.59 Å². The largest absolute Gasteiger partial charge is 0.389 e. The van der Waals surface area contributed by atoms with Crippen LogP contribution in [0, 0.1) is 6.92 Å². The maximum Gasteiger partial charge on any atom is 0.269 e. The molecule has 1 amide bonds. The lowest BCUT2D eigenvalue weighted by atomic mass is 10.2. The van der Waals surface area contributed by atoms with E-state index in [-0.39, 0.29) is 10.9 Å². The summed E-state index contributed by atoms with van der Waals surface area (Å²) in [6, 6.07) is 4.96. The lowest BCUT2D eigenvalue weighted by Gasteiger charge is -2.07. The number of rotatable bonds is 3. The van der Waals surface area contributed by atoms with Crippen molar-refractivity contribution in [2.24, 2.45) is 5.73 Å². The predicted molar refractivity (Wildman–Crippen MR) is 79.9 cm³/mol. The molecule has 0 aliphatic heterocycles. The first-order valence-electron chi connectivity index (χ1n) is 5.18. The fraction of sp³-hybridized carbons (Fsp3) is 0.0909. The minimum atomic E-state index is -0.294. The molecule has 8 heteroatoms. The molecule has 5 nitrogen and oxygen atoms in total. The van der Waals surface area contributed by atoms with Crippen molar-refractivity contribution in [1.29, 1.82) is 0 Å². The average Bonchev–Trinajstić information content (AvgIpc) is 2.77. The van der Waals surface area contributed by atoms with Gasteiger partial charge in [-0.3, -0.25) is 4.79 Å². The summed E-state index contributed by atoms with van der Waals surface area (Å²) in [5, 5.41) is 6.84. The summed E-state index contributed by atoms with van der Waals surface area (Å²) in [7, 11) is 0. The summed E-state index contributed by atoms with van der Waals surface area (Å²) >= 11 is 11.9. The Morgan fingerprint density at radius 1 is 1.53 bits per heavy atom. The van der Waals surface area contributed by atoms with Crippen molar-refractivity contribution in [3.8, 4) is 0 Å². The second-order valence-corrected chi connectivity index (χ2v) is 5.30. The minimum absolute atomic E-state index is 0.252. The van der Waals surface area contributed by atoms with E-state index in [0.717, 1.165) is 11.5 Å². The first-order valence-corrected chi connectivity index (χ1v) is 6.74. The number of benzene rings is 1. The number of hydrogen-bond acceptors (Lipinski definition) is 5. The van der Waals surface area contributed by atoms with E-state index in [1.54, 1.807) is 25.1 Å². The number of halogens is 1. The number of thiocarbonyl (C=S) groups is 1. The highest BCUT2D eigenvalue weighted by molar-refractivity contribution is 7.80. The molecule has 2 aromatic rings. The Hall–Kier alpha value is -1.57. The van der Waals surface area contributed by atoms with Crippen LogP contribution in [0.3, 0.4) is 0 Å². The van der Waals surface area contributed by atoms with Gasteiger partial charge in [-0.2, -0.15) is 0 Å². The standard InChI is InChI=1S/C11H9ClN4OS2/c1-5-9(19-16-15-5)11(17)14-8-3-2-6(10(13)18)4-7(8)12/h2-4H,1H3,(H2,13,18)(H,14,17). The van der Waals surface area contributed by atoms with Gasteiger partial charge in [-0.1, -0.05) is 28.3 Å². The number of nitrogens with zero attached hydrogens (tertiary/aromatic N) is 2. The predicted octanol–water partition coefficient (Wildman–Crippen LogP) is 2.39. The third kappa shape index (κ3) is 3.06. The third-order valence-electron chi connectivity index (χ3n) is 2.36. The van der Waals surface area contributed by atoms with E-state index in [4.69, 9.17) is 29.6 Å². The zero-order valence-electron chi connectivity index (χ0n) is 9.81. The van der Waals surface area contributed by atoms with Crippen molar-refractivity contribution < 1.29 is 4.79 Å². The SMILES string of the molecule is Cc1nnsc1C(=O)Nc1ccc(C(N)=S)cc1Cl. The van der Waals surface area contributed by atoms with Crippen LogP contribution in [0.1, 0.15) is 20.9 Å². The molecular weight excluding hydrogens is 304 g/mol. The van der Waals surface area contributed by atoms with Crippen molar-refractivity contribution in [2.75, 3.05) is 5.32 Å². The van der Waals surface area contributed by atoms with Crippen molar-refractivity contribution in [3.63, 3.8) is 0 Å². The minimum Gasteiger partial charge on any atom is -0.389 e. The molecule has 98 valence electrons. The topological polar surface area (TPSA) is 80.9 Å². The highest BCUT2D eigenvalue weighted by atomic mass is 35.5. The summed E-state index contributed by atoms with van der Waals surface area (Å²) in [6.07, 6.45) is 0. The maximum absolute atomic E-state index is 12.0. The molecule has 1 aromatic carbocycles. The van der Waals surface area contributed by atoms with E-state index >= 15 is 0 Å². The number of anilines is 1. The van der Waals surface area contributed by atoms with E-state index in [2.05, 4.69) is 14.9 Å². The number of aromatic nitrogens is 2. The number of hydrogen-bond donors (Lipinski definition) is 2. The summed E-state index contributed by atoms with van der Waals surface area (Å²) in [4.78, 5) is 12.7. The molecule has 1 heterocycles. The van der Waals surface area contributed by atoms with E-state index in [9.17, 15) is 4.79 Å². The van der Waals surface area contributed by atoms with Crippen LogP contribution in [0.2, 0.25) is 5.02 Å². The fourth-order valence-corrected chi connectivity index (χ4v) is 2.30. The number of carbonyl (C=O) groups excluding carboxylic acids is 1. The van der Waals surface area contributed by atoms with E-state index < -0.39 is 0 Å². The van der Waals surface area contributed by atoms with Gasteiger partial charge in [0.2, 0.25) is 0 Å². The molecule has 0 bridgehead atoms. The van der Waals surface area contributed by atoms with Crippen LogP contribution in [-0.4, -0.2) is 20.5 Å². The molecular formula is C11H9ClN4OS2. The van der Waals surface area contributed by atoms with Gasteiger partial charge in [0, 0.05) is 5.56 Å². The molecule has 0 aliphatic carbocycles. The monoisotopic (exact) mass is 312 g/mol. The van der Waals surface area contributed by atoms with Gasteiger partial charge in [-0.05, 0) is 36.7 Å². The van der Waals surface area contributed by atoms with Crippen molar-refractivity contribution in [3.05, 3.63) is 39.4 Å². The van der Waals surface area contributed by atoms with Gasteiger partial charge in [0.25, 0.3) is 5.91 Å². The molecule has 2 rings (SSSR count). The van der Waals surface area contributed by atoms with Crippen molar-refractivity contribution in [2.45, 2.75) is 6.92 Å². The normalized spacial score (nSPS) is 10.2. The third-order valence-corrected chi connectivity index (χ3v) is 3.73. The molecule has 0 fully saturated rings. The number of aryl methyl sites for hydroxylation is 1. The molecule has 3 N–H and O–H groups in total. The molecule has 0 unspecified atom stereocenters. The lowest BCUT2D eigenvalue weighted by molar-refractivity contribution is 0.103. The summed E-state index contributed by atoms with van der Waals surface area (Å²) in [6.45, 7) is 1.72. The number of amides is 1. The van der Waals surface area contributed by atoms with E-state index in [0.29, 0.717) is 26.8 Å². The molecule has 19 heavy (non-hydrogen) atoms. The Morgan fingerprint density at radius 3 is 2.79 bits per heavy atom. The van der Waals surface area contributed by atoms with Gasteiger partial charge >= 0.3 is 0 Å². The van der Waals surface area contributed by atoms with Crippen LogP contribution in [0.25, 0.3) is 0 Å². The highest BCUT2D eigenvalue weighted by Gasteiger charge is 2.14. The number of nitrogens with two attached hydrogens (primary N) is 1. The quantitative estimate of drug-likeness (QED) is 0.851. The molecule has 1 aromatic heterocycles. The molecule has 0 saturated carbocycles. The number of nitrogens with one attached hydrogen (secondary N) is 1. The first kappa shape index (κ1) is 13.9. The van der Waals surface area contributed by atoms with Crippen LogP contribution in [0.5, 0.6) is 0 Å². The van der Waals surface area contributed by atoms with Crippen LogP contribution in [0.4, 0.5) is 5.69 Å². The van der Waals surface area contributed by atoms with Crippen LogP contribution in [-0.2, 0) is 0 Å². The molecule has 0 spiro atoms. The lowest BCUT2D eigenvalue weighted by Crippen LogP contribution is -2.13. The summed E-state index contributed by atoms with van der Waals surface area (Å²) < 4.78 is 3.71. The fourth-order valence-electron chi connectivity index (χ4n) is 1.39. The van der Waals surface area contributed by atoms with E-state index in [1.165, 1.54) is 0 Å². The van der Waals surface area contributed by atoms with Crippen LogP contribution >= 0.6 is 35.4 Å². The molecule has 0 radical (unpaired) electrons. The second-order valence-electron chi connectivity index (χ2n) is 3.70. The average molecular weight is 313 g/mol. The van der Waals surface area contributed by atoms with E-state index in [1.807, 2.05) is 0 Å². The molecule has 0 atom stereocenters. The zero-order valence-corrected chi connectivity index (χ0v) is 12.2. The Labute approximate surface area is 123 Å². The van der Waals surface area contributed by atoms with Gasteiger partial charge in [0.15, 0.2) is 0 Å². The van der Waals surface area contributed by atoms with Gasteiger partial charge in [-0.25, -0.2) is 0 Å². The molecule has 0 saturated heterocycles. The van der Waals surface area contributed by atoms with Gasteiger partial charge in [0.05, 0.1) is 16.4 Å². The second kappa shape index (κ2) is 5.60. The van der Waals surface area contributed by atoms with Gasteiger partial charge in [0.1, 0.15) is 9.87 Å². The maximum atomic E-state index is 12.0. The summed E-state index contributed by atoms with van der Waals surface area (Å²) in [5.74, 6) is -0.294. The van der Waals surface area contributed by atoms with Gasteiger partial charge < -0.3 is 11.1 Å². The highest BCUT2D eigenvalue weighted by Crippen LogP contribution is 2.24. The molecule has 0 aliphatic rings. The summed E-state index contributed by atoms with van der Waals surface area (Å²) in [5.41, 5.74) is 7.22. The Bertz CT molecular complexity index is 656. The Balaban J connectivity index is 2.23. The Morgan fingerprint density at radius 2 is 2.26 bits per heavy atom. The van der Waals surface area contributed by atoms with Crippen LogP contribution in [0.15, 0.2) is 18.2 Å². The first-order chi connectivity index (χ1) is 8.99. The van der Waals surface area contributed by atoms with Crippen LogP contribution < -0.4 is 11.1 Å². The Kier molecular flexibility index (Phi) is 4.08. The van der Waals surface area contributed by atoms with Gasteiger partial charge in [-0.15, -0.1) is 5.10 Å². The van der Waals surface area contributed by atoms with Crippen molar-refractivity contribution >= 4 is 51.9 Å². The number of carbonyl (C=O) groups is 1.